The van der Waals surface area contributed by atoms with Crippen molar-refractivity contribution < 1.29 is 19.1 Å². The summed E-state index contributed by atoms with van der Waals surface area (Å²) in [6.45, 7) is 1.72. The molecule has 0 aliphatic heterocycles. The van der Waals surface area contributed by atoms with E-state index in [2.05, 4.69) is 10.5 Å². The van der Waals surface area contributed by atoms with Crippen LogP contribution in [-0.4, -0.2) is 37.6 Å². The Morgan fingerprint density at radius 2 is 1.67 bits per heavy atom. The Kier molecular flexibility index (Phi) is 10.5. The molecule has 0 aromatic heterocycles. The van der Waals surface area contributed by atoms with Crippen LogP contribution >= 0.6 is 0 Å². The van der Waals surface area contributed by atoms with Crippen LogP contribution in [0.4, 0.5) is 0 Å². The molecule has 0 aliphatic carbocycles. The largest absolute Gasteiger partial charge is 0.389 e. The van der Waals surface area contributed by atoms with Crippen molar-refractivity contribution in [2.24, 2.45) is 10.9 Å². The molecular formula is C22H26N4O4. The standard InChI is InChI=1S/C22H26N4O4/c23-13-21(22(24)27)25-17-26-30-20(16-29-15-19-9-5-2-6-10-19)11-12-28-14-18-7-3-1-4-8-18/h1-10,17,20-21H,11-12,14-16H2,(H2,24,27)(H,25,26)/t20?,21-/m1/s1. The molecule has 8 nitrogen and oxygen atoms in total. The molecule has 2 aromatic rings. The molecule has 2 atom stereocenters. The number of hydrogen-bond acceptors (Lipinski definition) is 6. The molecule has 0 radical (unpaired) electrons. The van der Waals surface area contributed by atoms with Gasteiger partial charge in [0.05, 0.1) is 32.5 Å². The van der Waals surface area contributed by atoms with Gasteiger partial charge in [0.25, 0.3) is 5.91 Å². The van der Waals surface area contributed by atoms with E-state index < -0.39 is 11.9 Å². The van der Waals surface area contributed by atoms with E-state index in [-0.39, 0.29) is 6.10 Å². The summed E-state index contributed by atoms with van der Waals surface area (Å²) >= 11 is 0. The summed E-state index contributed by atoms with van der Waals surface area (Å²) in [4.78, 5) is 16.5. The topological polar surface area (TPSA) is 119 Å². The van der Waals surface area contributed by atoms with Crippen LogP contribution in [0.25, 0.3) is 0 Å². The van der Waals surface area contributed by atoms with E-state index >= 15 is 0 Å². The van der Waals surface area contributed by atoms with Gasteiger partial charge in [-0.1, -0.05) is 65.8 Å². The first-order chi connectivity index (χ1) is 14.7. The predicted molar refractivity (Wildman–Crippen MR) is 112 cm³/mol. The van der Waals surface area contributed by atoms with Gasteiger partial charge in [-0.3, -0.25) is 4.79 Å². The number of amides is 1. The maximum atomic E-state index is 11.0. The first kappa shape index (κ1) is 22.9. The quantitative estimate of drug-likeness (QED) is 0.213. The molecular weight excluding hydrogens is 384 g/mol. The molecule has 0 heterocycles. The van der Waals surface area contributed by atoms with Gasteiger partial charge >= 0.3 is 0 Å². The van der Waals surface area contributed by atoms with Gasteiger partial charge in [-0.15, -0.1) is 0 Å². The van der Waals surface area contributed by atoms with Crippen LogP contribution in [0.1, 0.15) is 17.5 Å². The Bertz CT molecular complexity index is 809. The van der Waals surface area contributed by atoms with Crippen LogP contribution in [0.2, 0.25) is 0 Å². The summed E-state index contributed by atoms with van der Waals surface area (Å²) in [7, 11) is 0. The number of hydrogen-bond donors (Lipinski definition) is 2. The first-order valence-corrected chi connectivity index (χ1v) is 9.55. The van der Waals surface area contributed by atoms with E-state index in [0.717, 1.165) is 17.5 Å². The summed E-state index contributed by atoms with van der Waals surface area (Å²) in [6.07, 6.45) is 1.32. The van der Waals surface area contributed by atoms with E-state index in [1.165, 1.54) is 0 Å². The number of nitrogens with zero attached hydrogens (tertiary/aromatic N) is 2. The number of benzene rings is 2. The Hall–Kier alpha value is -3.41. The van der Waals surface area contributed by atoms with Gasteiger partial charge in [0, 0.05) is 6.42 Å². The van der Waals surface area contributed by atoms with E-state index in [1.54, 1.807) is 6.07 Å². The average Bonchev–Trinajstić information content (AvgIpc) is 2.77. The SMILES string of the molecule is N#C[C@@H](NC=NOC(CCOCc1ccccc1)COCc1ccccc1)C(N)=O. The molecule has 1 unspecified atom stereocenters. The summed E-state index contributed by atoms with van der Waals surface area (Å²) in [6, 6.07) is 20.2. The minimum Gasteiger partial charge on any atom is -0.389 e. The Morgan fingerprint density at radius 3 is 2.23 bits per heavy atom. The smallest absolute Gasteiger partial charge is 0.254 e. The van der Waals surface area contributed by atoms with Gasteiger partial charge in [0.15, 0.2) is 12.1 Å². The maximum absolute atomic E-state index is 11.0. The molecule has 8 heteroatoms. The highest BCUT2D eigenvalue weighted by Gasteiger charge is 2.13. The van der Waals surface area contributed by atoms with Gasteiger partial charge in [0.1, 0.15) is 6.34 Å². The number of nitrogens with one attached hydrogen (secondary N) is 1. The van der Waals surface area contributed by atoms with Crippen molar-refractivity contribution in [2.75, 3.05) is 13.2 Å². The highest BCUT2D eigenvalue weighted by Crippen LogP contribution is 2.07. The Balaban J connectivity index is 1.78. The zero-order chi connectivity index (χ0) is 21.4. The fourth-order valence-corrected chi connectivity index (χ4v) is 2.43. The van der Waals surface area contributed by atoms with E-state index in [1.807, 2.05) is 60.7 Å². The monoisotopic (exact) mass is 410 g/mol. The van der Waals surface area contributed by atoms with E-state index in [9.17, 15) is 4.79 Å². The highest BCUT2D eigenvalue weighted by molar-refractivity contribution is 5.85. The van der Waals surface area contributed by atoms with Crippen LogP contribution in [0.15, 0.2) is 65.8 Å². The minimum absolute atomic E-state index is 0.304. The maximum Gasteiger partial charge on any atom is 0.254 e. The third-order valence-corrected chi connectivity index (χ3v) is 4.03. The van der Waals surface area contributed by atoms with Gasteiger partial charge in [-0.25, -0.2) is 0 Å². The van der Waals surface area contributed by atoms with Crippen molar-refractivity contribution in [3.05, 3.63) is 71.8 Å². The lowest BCUT2D eigenvalue weighted by Gasteiger charge is -2.16. The second-order valence-corrected chi connectivity index (χ2v) is 6.42. The third-order valence-electron chi connectivity index (χ3n) is 4.03. The lowest BCUT2D eigenvalue weighted by Crippen LogP contribution is -2.39. The second-order valence-electron chi connectivity index (χ2n) is 6.42. The molecule has 0 saturated carbocycles. The van der Waals surface area contributed by atoms with Gasteiger partial charge in [-0.05, 0) is 11.1 Å². The third kappa shape index (κ3) is 9.19. The first-order valence-electron chi connectivity index (χ1n) is 9.55. The molecule has 1 amide bonds. The zero-order valence-corrected chi connectivity index (χ0v) is 16.6. The number of oxime groups is 1. The van der Waals surface area contributed by atoms with Crippen LogP contribution < -0.4 is 11.1 Å². The summed E-state index contributed by atoms with van der Waals surface area (Å²) in [5.41, 5.74) is 7.22. The van der Waals surface area contributed by atoms with E-state index in [0.29, 0.717) is 32.8 Å². The molecule has 0 bridgehead atoms. The van der Waals surface area contributed by atoms with Crippen LogP contribution in [0.3, 0.4) is 0 Å². The lowest BCUT2D eigenvalue weighted by atomic mass is 10.2. The van der Waals surface area contributed by atoms with Crippen molar-refractivity contribution >= 4 is 12.2 Å². The predicted octanol–water partition coefficient (Wildman–Crippen LogP) is 2.11. The van der Waals surface area contributed by atoms with Gasteiger partial charge in [0.2, 0.25) is 0 Å². The fraction of sp³-hybridized carbons (Fsp3) is 0.318. The number of rotatable bonds is 14. The zero-order valence-electron chi connectivity index (χ0n) is 16.6. The van der Waals surface area contributed by atoms with Crippen molar-refractivity contribution in [1.82, 2.24) is 5.32 Å². The Labute approximate surface area is 176 Å². The lowest BCUT2D eigenvalue weighted by molar-refractivity contribution is -0.118. The Morgan fingerprint density at radius 1 is 1.07 bits per heavy atom. The van der Waals surface area contributed by atoms with Crippen molar-refractivity contribution in [2.45, 2.75) is 31.8 Å². The molecule has 0 fully saturated rings. The van der Waals surface area contributed by atoms with Gasteiger partial charge < -0.3 is 25.4 Å². The fourth-order valence-electron chi connectivity index (χ4n) is 2.43. The molecule has 0 saturated heterocycles. The number of nitrogens with two attached hydrogens (primary N) is 1. The number of carbonyl (C=O) groups is 1. The van der Waals surface area contributed by atoms with Crippen molar-refractivity contribution in [3.8, 4) is 6.07 Å². The number of carbonyl (C=O) groups excluding carboxylic acids is 1. The molecule has 0 aliphatic rings. The normalized spacial score (nSPS) is 12.8. The van der Waals surface area contributed by atoms with Gasteiger partial charge in [-0.2, -0.15) is 5.26 Å². The minimum atomic E-state index is -1.17. The molecule has 30 heavy (non-hydrogen) atoms. The van der Waals surface area contributed by atoms with Crippen LogP contribution in [0.5, 0.6) is 0 Å². The molecule has 0 spiro atoms. The molecule has 2 aromatic carbocycles. The number of primary amides is 1. The number of nitriles is 1. The summed E-state index contributed by atoms with van der Waals surface area (Å²) < 4.78 is 11.4. The number of ether oxygens (including phenoxy) is 2. The molecule has 2 rings (SSSR count). The van der Waals surface area contributed by atoms with Crippen LogP contribution in [-0.2, 0) is 32.3 Å². The summed E-state index contributed by atoms with van der Waals surface area (Å²) in [5.74, 6) is -0.791. The summed E-state index contributed by atoms with van der Waals surface area (Å²) in [5, 5.41) is 15.1. The van der Waals surface area contributed by atoms with Crippen molar-refractivity contribution in [3.63, 3.8) is 0 Å². The highest BCUT2D eigenvalue weighted by atomic mass is 16.7. The molecule has 3 N–H and O–H groups in total. The second kappa shape index (κ2) is 13.7. The average molecular weight is 410 g/mol. The molecule has 158 valence electrons. The van der Waals surface area contributed by atoms with Crippen LogP contribution in [0, 0.1) is 11.3 Å². The van der Waals surface area contributed by atoms with Crippen molar-refractivity contribution in [1.29, 1.82) is 5.26 Å². The van der Waals surface area contributed by atoms with E-state index in [4.69, 9.17) is 25.3 Å².